The lowest BCUT2D eigenvalue weighted by atomic mass is 10.0. The number of aromatic nitrogens is 5. The molecule has 0 atom stereocenters. The van der Waals surface area contributed by atoms with Gasteiger partial charge in [-0.15, -0.1) is 0 Å². The molecule has 1 aromatic carbocycles. The number of pyridine rings is 1. The van der Waals surface area contributed by atoms with E-state index in [2.05, 4.69) is 32.3 Å². The number of H-pyrrole nitrogens is 1. The molecule has 4 rings (SSSR count). The Bertz CT molecular complexity index is 1130. The molecular formula is C23H21N5O2. The Kier molecular flexibility index (Phi) is 5.80. The van der Waals surface area contributed by atoms with Crippen molar-refractivity contribution in [2.45, 2.75) is 19.4 Å². The molecule has 0 aliphatic heterocycles. The molecule has 3 aromatic heterocycles. The molecule has 0 spiro atoms. The number of carbonyl (C=O) groups is 1. The second kappa shape index (κ2) is 9.00. The summed E-state index contributed by atoms with van der Waals surface area (Å²) in [6.45, 7) is 0.572. The van der Waals surface area contributed by atoms with Gasteiger partial charge >= 0.3 is 0 Å². The third-order valence-corrected chi connectivity index (χ3v) is 4.75. The molecule has 0 radical (unpaired) electrons. The zero-order valence-electron chi connectivity index (χ0n) is 16.3. The number of nitrogens with zero attached hydrogens (tertiary/aromatic N) is 4. The van der Waals surface area contributed by atoms with E-state index >= 15 is 0 Å². The van der Waals surface area contributed by atoms with E-state index in [1.165, 1.54) is 18.0 Å². The van der Waals surface area contributed by atoms with Crippen molar-refractivity contribution in [1.82, 2.24) is 24.7 Å². The van der Waals surface area contributed by atoms with Crippen molar-refractivity contribution in [2.75, 3.05) is 0 Å². The minimum Gasteiger partial charge on any atom is -0.507 e. The predicted octanol–water partition coefficient (Wildman–Crippen LogP) is 3.62. The molecule has 0 amide bonds. The first-order valence-corrected chi connectivity index (χ1v) is 9.62. The molecular weight excluding hydrogens is 378 g/mol. The number of carbonyl (C=O) groups excluding carboxylic acids is 1. The number of ketones is 1. The van der Waals surface area contributed by atoms with Gasteiger partial charge in [0, 0.05) is 30.2 Å². The number of benzene rings is 1. The van der Waals surface area contributed by atoms with E-state index in [1.54, 1.807) is 6.20 Å². The van der Waals surface area contributed by atoms with E-state index < -0.39 is 5.78 Å². The highest BCUT2D eigenvalue weighted by Crippen LogP contribution is 2.22. The van der Waals surface area contributed by atoms with Crippen LogP contribution in [0.5, 0.6) is 0 Å². The second-order valence-corrected chi connectivity index (χ2v) is 6.90. The summed E-state index contributed by atoms with van der Waals surface area (Å²) in [6, 6.07) is 15.9. The number of aromatic amines is 1. The van der Waals surface area contributed by atoms with E-state index in [1.807, 2.05) is 53.4 Å². The topological polar surface area (TPSA) is 96.7 Å². The number of aliphatic hydroxyl groups is 1. The van der Waals surface area contributed by atoms with Crippen LogP contribution < -0.4 is 0 Å². The van der Waals surface area contributed by atoms with Crippen LogP contribution in [0.4, 0.5) is 0 Å². The fraction of sp³-hybridized carbons (Fsp3) is 0.130. The zero-order valence-corrected chi connectivity index (χ0v) is 16.3. The second-order valence-electron chi connectivity index (χ2n) is 6.90. The minimum atomic E-state index is -0.434. The van der Waals surface area contributed by atoms with Gasteiger partial charge in [0.25, 0.3) is 0 Å². The summed E-state index contributed by atoms with van der Waals surface area (Å²) in [4.78, 5) is 20.5. The number of rotatable bonds is 8. The number of hydrogen-bond acceptors (Lipinski definition) is 5. The summed E-state index contributed by atoms with van der Waals surface area (Å²) in [5.41, 5.74) is 3.70. The van der Waals surface area contributed by atoms with E-state index in [9.17, 15) is 9.90 Å². The van der Waals surface area contributed by atoms with Crippen molar-refractivity contribution < 1.29 is 9.90 Å². The lowest BCUT2D eigenvalue weighted by Crippen LogP contribution is -2.00. The van der Waals surface area contributed by atoms with Gasteiger partial charge in [0.1, 0.15) is 12.1 Å². The quantitative estimate of drug-likeness (QED) is 0.268. The molecule has 0 unspecified atom stereocenters. The molecule has 2 N–H and O–H groups in total. The van der Waals surface area contributed by atoms with Gasteiger partial charge in [0.15, 0.2) is 5.82 Å². The molecule has 0 aliphatic carbocycles. The summed E-state index contributed by atoms with van der Waals surface area (Å²) >= 11 is 0. The predicted molar refractivity (Wildman–Crippen MR) is 113 cm³/mol. The fourth-order valence-corrected chi connectivity index (χ4v) is 3.27. The van der Waals surface area contributed by atoms with Gasteiger partial charge in [-0.1, -0.05) is 36.4 Å². The van der Waals surface area contributed by atoms with Crippen LogP contribution in [0.3, 0.4) is 0 Å². The number of hydrogen-bond donors (Lipinski definition) is 2. The van der Waals surface area contributed by atoms with Crippen LogP contribution in [-0.2, 0) is 19.4 Å². The standard InChI is InChI=1S/C23H21N5O2/c29-21(12-22(30)23-25-16-26-27-23)20-15-28(14-19-8-4-5-11-24-19)13-18(20)10-9-17-6-2-1-3-7-17/h1-8,11-13,15-16,29H,9-10,14H2,(H,25,26,27). The highest BCUT2D eigenvalue weighted by molar-refractivity contribution is 6.05. The first-order valence-electron chi connectivity index (χ1n) is 9.62. The fourth-order valence-electron chi connectivity index (χ4n) is 3.27. The average Bonchev–Trinajstić information content (AvgIpc) is 3.44. The average molecular weight is 399 g/mol. The Balaban J connectivity index is 1.61. The van der Waals surface area contributed by atoms with E-state index in [-0.39, 0.29) is 11.6 Å². The minimum absolute atomic E-state index is 0.0836. The molecule has 30 heavy (non-hydrogen) atoms. The van der Waals surface area contributed by atoms with E-state index in [0.717, 1.165) is 24.1 Å². The molecule has 0 bridgehead atoms. The highest BCUT2D eigenvalue weighted by Gasteiger charge is 2.15. The van der Waals surface area contributed by atoms with Crippen LogP contribution in [0.2, 0.25) is 0 Å². The first-order chi connectivity index (χ1) is 14.7. The molecule has 4 aromatic rings. The molecule has 0 saturated carbocycles. The summed E-state index contributed by atoms with van der Waals surface area (Å²) in [5, 5.41) is 16.9. The number of nitrogens with one attached hydrogen (secondary N) is 1. The molecule has 0 fully saturated rings. The van der Waals surface area contributed by atoms with Gasteiger partial charge in [0.05, 0.1) is 12.2 Å². The smallest absolute Gasteiger partial charge is 0.226 e. The lowest BCUT2D eigenvalue weighted by molar-refractivity contribution is 0.103. The summed E-state index contributed by atoms with van der Waals surface area (Å²) in [7, 11) is 0. The molecule has 0 aliphatic rings. The summed E-state index contributed by atoms with van der Waals surface area (Å²) in [5.74, 6) is -0.448. The summed E-state index contributed by atoms with van der Waals surface area (Å²) in [6.07, 6.45) is 9.57. The van der Waals surface area contributed by atoms with Crippen LogP contribution in [0.25, 0.3) is 5.76 Å². The Labute approximate surface area is 173 Å². The van der Waals surface area contributed by atoms with Gasteiger partial charge in [-0.2, -0.15) is 5.10 Å². The largest absolute Gasteiger partial charge is 0.507 e. The third-order valence-electron chi connectivity index (χ3n) is 4.75. The maximum absolute atomic E-state index is 12.3. The van der Waals surface area contributed by atoms with Gasteiger partial charge in [0.2, 0.25) is 5.78 Å². The maximum atomic E-state index is 12.3. The normalized spacial score (nSPS) is 11.5. The van der Waals surface area contributed by atoms with Crippen molar-refractivity contribution in [2.24, 2.45) is 0 Å². The van der Waals surface area contributed by atoms with Crippen LogP contribution in [-0.4, -0.2) is 35.6 Å². The molecule has 150 valence electrons. The van der Waals surface area contributed by atoms with Crippen LogP contribution in [0.1, 0.15) is 33.0 Å². The Morgan fingerprint density at radius 1 is 1.03 bits per heavy atom. The SMILES string of the molecule is O=C(C=C(O)c1cn(Cc2ccccn2)cc1CCc1ccccc1)c1ncn[nH]1. The van der Waals surface area contributed by atoms with E-state index in [4.69, 9.17) is 0 Å². The van der Waals surface area contributed by atoms with Crippen LogP contribution >= 0.6 is 0 Å². The molecule has 0 saturated heterocycles. The van der Waals surface area contributed by atoms with Gasteiger partial charge in [-0.05, 0) is 36.1 Å². The molecule has 7 heteroatoms. The van der Waals surface area contributed by atoms with Crippen molar-refractivity contribution in [1.29, 1.82) is 0 Å². The number of aliphatic hydroxyl groups excluding tert-OH is 1. The van der Waals surface area contributed by atoms with Crippen LogP contribution in [0.15, 0.2) is 79.5 Å². The third kappa shape index (κ3) is 4.70. The summed E-state index contributed by atoms with van der Waals surface area (Å²) < 4.78 is 1.97. The van der Waals surface area contributed by atoms with Crippen molar-refractivity contribution in [3.63, 3.8) is 0 Å². The van der Waals surface area contributed by atoms with Crippen molar-refractivity contribution in [3.8, 4) is 0 Å². The monoisotopic (exact) mass is 399 g/mol. The maximum Gasteiger partial charge on any atom is 0.226 e. The molecule has 7 nitrogen and oxygen atoms in total. The van der Waals surface area contributed by atoms with Crippen LogP contribution in [0, 0.1) is 0 Å². The van der Waals surface area contributed by atoms with Gasteiger partial charge < -0.3 is 9.67 Å². The van der Waals surface area contributed by atoms with Gasteiger partial charge in [-0.3, -0.25) is 14.9 Å². The van der Waals surface area contributed by atoms with E-state index in [0.29, 0.717) is 12.1 Å². The van der Waals surface area contributed by atoms with Gasteiger partial charge in [-0.25, -0.2) is 4.98 Å². The Morgan fingerprint density at radius 2 is 1.87 bits per heavy atom. The zero-order chi connectivity index (χ0) is 20.8. The number of aryl methyl sites for hydroxylation is 2. The highest BCUT2D eigenvalue weighted by atomic mass is 16.3. The Hall–Kier alpha value is -4.00. The lowest BCUT2D eigenvalue weighted by Gasteiger charge is -2.04. The van der Waals surface area contributed by atoms with Crippen molar-refractivity contribution >= 4 is 11.5 Å². The number of allylic oxidation sites excluding steroid dienone is 1. The van der Waals surface area contributed by atoms with Crippen molar-refractivity contribution in [3.05, 3.63) is 108 Å². The first kappa shape index (κ1) is 19.3. The Morgan fingerprint density at radius 3 is 2.60 bits per heavy atom. The molecule has 3 heterocycles.